The highest BCUT2D eigenvalue weighted by molar-refractivity contribution is 7.99. The van der Waals surface area contributed by atoms with Crippen LogP contribution in [0.15, 0.2) is 34.7 Å². The Labute approximate surface area is 310 Å². The Kier molecular flexibility index (Phi) is 7.37. The summed E-state index contributed by atoms with van der Waals surface area (Å²) in [6.45, 7) is 8.03. The summed E-state index contributed by atoms with van der Waals surface area (Å²) >= 11 is 1.60. The van der Waals surface area contributed by atoms with Gasteiger partial charge in [-0.05, 0) is 50.8 Å². The number of thioether (sulfide) groups is 1. The fourth-order valence-corrected chi connectivity index (χ4v) is 11.9. The Hall–Kier alpha value is -4.43. The van der Waals surface area contributed by atoms with Gasteiger partial charge in [-0.2, -0.15) is 0 Å². The van der Waals surface area contributed by atoms with Crippen molar-refractivity contribution in [3.8, 4) is 28.7 Å². The fourth-order valence-electron chi connectivity index (χ4n) is 10.2. The lowest BCUT2D eigenvalue weighted by molar-refractivity contribution is -0.156. The molecule has 4 bridgehead atoms. The van der Waals surface area contributed by atoms with E-state index in [2.05, 4.69) is 28.5 Å². The third kappa shape index (κ3) is 4.48. The standard InChI is InChI=1S/C40H41N3O9S/c1-17-12-21-13-24-19(3)43-25-14-48-39(46)40(38-23(10-11-41-40)22-8-6-7-9-26(22)52-38)15-53-37(31(43)30(42-24)27(21)32(45)33(17)47-5)29-28(25)36-35(49-16-50-36)18(2)34(29)51-20(4)44/h6-9,12,19,24-25,30-31,37,41-42,45H,10-11,13-16H2,1-5H3/t19-,24-,25-,30+,31+,37+,40+/m0/s1. The van der Waals surface area contributed by atoms with Crippen molar-refractivity contribution in [1.82, 2.24) is 15.5 Å². The van der Waals surface area contributed by atoms with Crippen molar-refractivity contribution in [2.45, 2.75) is 81.5 Å². The number of furan rings is 1. The number of phenolic OH excluding ortho intramolecular Hbond substituents is 1. The Morgan fingerprint density at radius 2 is 1.91 bits per heavy atom. The number of phenols is 1. The van der Waals surface area contributed by atoms with Crippen LogP contribution in [0, 0.1) is 13.8 Å². The van der Waals surface area contributed by atoms with Crippen molar-refractivity contribution < 1.29 is 42.8 Å². The number of hydrogen-bond donors (Lipinski definition) is 3. The lowest BCUT2D eigenvalue weighted by atomic mass is 9.72. The normalized spacial score (nSPS) is 29.6. The van der Waals surface area contributed by atoms with Gasteiger partial charge < -0.3 is 38.5 Å². The smallest absolute Gasteiger partial charge is 0.335 e. The van der Waals surface area contributed by atoms with Crippen LogP contribution in [0.2, 0.25) is 0 Å². The second-order valence-electron chi connectivity index (χ2n) is 15.1. The second-order valence-corrected chi connectivity index (χ2v) is 16.2. The quantitative estimate of drug-likeness (QED) is 0.184. The highest BCUT2D eigenvalue weighted by Gasteiger charge is 2.60. The summed E-state index contributed by atoms with van der Waals surface area (Å²) < 4.78 is 37.3. The van der Waals surface area contributed by atoms with Crippen molar-refractivity contribution in [2.24, 2.45) is 0 Å². The third-order valence-electron chi connectivity index (χ3n) is 12.3. The van der Waals surface area contributed by atoms with Gasteiger partial charge in [0.1, 0.15) is 23.7 Å². The molecule has 3 N–H and O–H groups in total. The molecule has 1 aromatic heterocycles. The number of aryl methyl sites for hydroxylation is 1. The van der Waals surface area contributed by atoms with Gasteiger partial charge in [0.25, 0.3) is 0 Å². The molecule has 13 heteroatoms. The molecule has 3 aromatic carbocycles. The van der Waals surface area contributed by atoms with Gasteiger partial charge in [-0.3, -0.25) is 15.0 Å². The number of aromatic hydroxyl groups is 1. The first-order valence-electron chi connectivity index (χ1n) is 18.2. The van der Waals surface area contributed by atoms with Crippen LogP contribution >= 0.6 is 11.8 Å². The number of carbonyl (C=O) groups is 2. The zero-order valence-corrected chi connectivity index (χ0v) is 31.0. The van der Waals surface area contributed by atoms with Crippen LogP contribution in [-0.4, -0.2) is 72.9 Å². The number of nitrogens with one attached hydrogen (secondary N) is 2. The zero-order valence-electron chi connectivity index (χ0n) is 30.2. The lowest BCUT2D eigenvalue weighted by Gasteiger charge is -2.60. The Balaban J connectivity index is 1.23. The van der Waals surface area contributed by atoms with E-state index in [1.807, 2.05) is 38.1 Å². The van der Waals surface area contributed by atoms with Crippen molar-refractivity contribution in [1.29, 1.82) is 0 Å². The number of carbonyl (C=O) groups excluding carboxylic acids is 2. The fraction of sp³-hybridized carbons (Fsp3) is 0.450. The maximum atomic E-state index is 14.7. The molecular formula is C40H41N3O9S. The summed E-state index contributed by atoms with van der Waals surface area (Å²) in [5, 5.41) is 20.0. The van der Waals surface area contributed by atoms with Crippen LogP contribution in [0.1, 0.15) is 75.9 Å². The SMILES string of the molecule is COc1c(C)cc2c(c1O)[C@H]1N[C@@H](C2)[C@H](C)N2[C@H]1[C@@H]1SC[C@]3(NCCc4c3oc3ccccc43)C(=O)OC[C@H]2c2c3c(c(C)c(OC(C)=O)c21)OCO3. The number of piperazine rings is 1. The summed E-state index contributed by atoms with van der Waals surface area (Å²) in [6, 6.07) is 8.85. The molecule has 0 unspecified atom stereocenters. The highest BCUT2D eigenvalue weighted by atomic mass is 32.2. The number of nitrogens with zero attached hydrogens (tertiary/aromatic N) is 1. The van der Waals surface area contributed by atoms with Crippen LogP contribution in [0.5, 0.6) is 28.7 Å². The van der Waals surface area contributed by atoms with Gasteiger partial charge in [0.2, 0.25) is 6.79 Å². The molecule has 12 nitrogen and oxygen atoms in total. The average Bonchev–Trinajstić information content (AvgIpc) is 3.79. The summed E-state index contributed by atoms with van der Waals surface area (Å²) in [6.07, 6.45) is 1.40. The van der Waals surface area contributed by atoms with Crippen molar-refractivity contribution in [3.05, 3.63) is 75.0 Å². The van der Waals surface area contributed by atoms with E-state index in [4.69, 9.17) is 28.1 Å². The van der Waals surface area contributed by atoms with Gasteiger partial charge in [0, 0.05) is 70.6 Å². The topological polar surface area (TPSA) is 141 Å². The van der Waals surface area contributed by atoms with Gasteiger partial charge in [0.15, 0.2) is 28.5 Å². The molecule has 7 aliphatic heterocycles. The maximum Gasteiger partial charge on any atom is 0.335 e. The molecule has 0 saturated carbocycles. The van der Waals surface area contributed by atoms with Crippen molar-refractivity contribution in [2.75, 3.05) is 32.8 Å². The molecule has 0 aliphatic carbocycles. The molecule has 4 aromatic rings. The summed E-state index contributed by atoms with van der Waals surface area (Å²) in [7, 11) is 1.58. The maximum absolute atomic E-state index is 14.7. The first-order valence-corrected chi connectivity index (χ1v) is 19.3. The van der Waals surface area contributed by atoms with Gasteiger partial charge in [-0.15, -0.1) is 11.8 Å². The minimum Gasteiger partial charge on any atom is -0.504 e. The predicted octanol–water partition coefficient (Wildman–Crippen LogP) is 5.17. The number of fused-ring (bicyclic) bond motifs is 11. The molecule has 1 spiro atoms. The Morgan fingerprint density at radius 3 is 2.72 bits per heavy atom. The van der Waals surface area contributed by atoms with E-state index in [-0.39, 0.29) is 49.1 Å². The van der Waals surface area contributed by atoms with Crippen LogP contribution in [0.3, 0.4) is 0 Å². The Morgan fingerprint density at radius 1 is 1.09 bits per heavy atom. The molecule has 276 valence electrons. The Bertz CT molecular complexity index is 2250. The molecule has 0 radical (unpaired) electrons. The molecular weight excluding hydrogens is 699 g/mol. The van der Waals surface area contributed by atoms with Crippen LogP contribution in [0.25, 0.3) is 11.0 Å². The van der Waals surface area contributed by atoms with Gasteiger partial charge in [-0.25, -0.2) is 4.79 Å². The summed E-state index contributed by atoms with van der Waals surface area (Å²) in [5.74, 6) is 2.09. The number of hydrogen-bond acceptors (Lipinski definition) is 13. The zero-order chi connectivity index (χ0) is 36.5. The molecule has 7 atom stereocenters. The molecule has 0 amide bonds. The van der Waals surface area contributed by atoms with E-state index >= 15 is 0 Å². The number of ether oxygens (including phenoxy) is 5. The third-order valence-corrected chi connectivity index (χ3v) is 13.8. The van der Waals surface area contributed by atoms with E-state index < -0.39 is 28.8 Å². The van der Waals surface area contributed by atoms with E-state index in [1.54, 1.807) is 18.9 Å². The number of rotatable bonds is 2. The van der Waals surface area contributed by atoms with Crippen LogP contribution in [-0.2, 0) is 32.7 Å². The highest BCUT2D eigenvalue weighted by Crippen LogP contribution is 2.63. The minimum atomic E-state index is -1.28. The molecule has 7 aliphatic rings. The van der Waals surface area contributed by atoms with Gasteiger partial charge in [0.05, 0.1) is 24.4 Å². The van der Waals surface area contributed by atoms with E-state index in [1.165, 1.54) is 6.92 Å². The van der Waals surface area contributed by atoms with E-state index in [0.717, 1.165) is 44.3 Å². The number of esters is 2. The molecule has 8 heterocycles. The first-order chi connectivity index (χ1) is 25.6. The molecule has 2 fully saturated rings. The number of benzene rings is 3. The second kappa shape index (κ2) is 11.8. The molecule has 2 saturated heterocycles. The van der Waals surface area contributed by atoms with E-state index in [9.17, 15) is 14.7 Å². The average molecular weight is 740 g/mol. The molecule has 11 rings (SSSR count). The van der Waals surface area contributed by atoms with E-state index in [0.29, 0.717) is 53.7 Å². The summed E-state index contributed by atoms with van der Waals surface area (Å²) in [4.78, 5) is 30.1. The monoisotopic (exact) mass is 739 g/mol. The van der Waals surface area contributed by atoms with Gasteiger partial charge in [-0.1, -0.05) is 24.3 Å². The number of para-hydroxylation sites is 1. The minimum absolute atomic E-state index is 0.00305. The van der Waals surface area contributed by atoms with Crippen molar-refractivity contribution in [3.63, 3.8) is 0 Å². The largest absolute Gasteiger partial charge is 0.504 e. The first kappa shape index (κ1) is 33.2. The van der Waals surface area contributed by atoms with Crippen molar-refractivity contribution >= 4 is 34.7 Å². The predicted molar refractivity (Wildman–Crippen MR) is 195 cm³/mol. The summed E-state index contributed by atoms with van der Waals surface area (Å²) in [5.41, 5.74) is 5.47. The van der Waals surface area contributed by atoms with Crippen LogP contribution < -0.4 is 29.6 Å². The van der Waals surface area contributed by atoms with Gasteiger partial charge >= 0.3 is 11.9 Å². The lowest BCUT2D eigenvalue weighted by Crippen LogP contribution is -2.69. The number of methoxy groups -OCH3 is 1. The molecule has 53 heavy (non-hydrogen) atoms. The van der Waals surface area contributed by atoms with Crippen LogP contribution in [0.4, 0.5) is 0 Å².